The summed E-state index contributed by atoms with van der Waals surface area (Å²) >= 11 is 0. The number of anilines is 4. The van der Waals surface area contributed by atoms with Crippen molar-refractivity contribution in [2.24, 2.45) is 0 Å². The minimum absolute atomic E-state index is 0. The number of nitrogens with zero attached hydrogens (tertiary/aromatic N) is 6. The fourth-order valence-corrected chi connectivity index (χ4v) is 7.81. The maximum atomic E-state index is 4.76. The van der Waals surface area contributed by atoms with Gasteiger partial charge in [-0.1, -0.05) is 64.3 Å². The minimum atomic E-state index is 0. The van der Waals surface area contributed by atoms with Crippen LogP contribution in [-0.4, -0.2) is 18.9 Å². The van der Waals surface area contributed by atoms with Crippen LogP contribution in [0.25, 0.3) is 54.8 Å². The summed E-state index contributed by atoms with van der Waals surface area (Å²) in [5.41, 5.74) is 13.2. The molecule has 5 heterocycles. The van der Waals surface area contributed by atoms with E-state index in [0.717, 1.165) is 66.5 Å². The summed E-state index contributed by atoms with van der Waals surface area (Å²) in [6.07, 6.45) is 7.61. The Hall–Kier alpha value is -5.45. The Morgan fingerprint density at radius 1 is 0.653 bits per heavy atom. The maximum absolute atomic E-state index is 4.76. The van der Waals surface area contributed by atoms with Gasteiger partial charge in [0, 0.05) is 73.9 Å². The molecule has 6 nitrogen and oxygen atoms in total. The number of aryl methyl sites for hydroxylation is 3. The quantitative estimate of drug-likeness (QED) is 0.132. The number of hydrogen-bond acceptors (Lipinski definition) is 4. The standard InChI is InChI=1S/C42H29N6.Pt/c1-26-20-27(2)41(28(3)21-26)47-25-46(38-10-6-7-11-39(38)47)29-12-15-33-32-8-4-5-9-37(32)48(40(33)23-29)30-13-14-31-34(22-30)42-44-18-19-45(42)36-16-17-43-24-35(31)36;/h4-21,24-25H,1-3H3;/q-3;. The fourth-order valence-electron chi connectivity index (χ4n) is 7.81. The Labute approximate surface area is 298 Å². The zero-order valence-electron chi connectivity index (χ0n) is 27.0. The molecule has 0 saturated carbocycles. The van der Waals surface area contributed by atoms with E-state index in [2.05, 4.69) is 148 Å². The molecule has 7 heteroatoms. The average molecular weight is 813 g/mol. The molecular formula is C42H29N6Pt-3. The van der Waals surface area contributed by atoms with Gasteiger partial charge in [-0.25, -0.2) is 0 Å². The summed E-state index contributed by atoms with van der Waals surface area (Å²) in [5.74, 6) is 0. The third kappa shape index (κ3) is 4.30. The van der Waals surface area contributed by atoms with Crippen molar-refractivity contribution in [1.29, 1.82) is 0 Å². The van der Waals surface area contributed by atoms with Gasteiger partial charge in [-0.15, -0.1) is 48.1 Å². The van der Waals surface area contributed by atoms with Crippen LogP contribution in [-0.2, 0) is 21.1 Å². The number of fused-ring (bicyclic) bond motifs is 10. The fraction of sp³-hybridized carbons (Fsp3) is 0.0714. The first-order chi connectivity index (χ1) is 23.5. The van der Waals surface area contributed by atoms with Crippen LogP contribution in [0.1, 0.15) is 16.7 Å². The Morgan fingerprint density at radius 3 is 2.22 bits per heavy atom. The molecule has 0 radical (unpaired) electrons. The number of aromatic nitrogens is 4. The first kappa shape index (κ1) is 29.7. The first-order valence-corrected chi connectivity index (χ1v) is 16.2. The molecular weight excluding hydrogens is 784 g/mol. The second-order valence-electron chi connectivity index (χ2n) is 12.7. The van der Waals surface area contributed by atoms with Crippen molar-refractivity contribution in [3.63, 3.8) is 0 Å². The number of hydrogen-bond donors (Lipinski definition) is 0. The molecule has 240 valence electrons. The number of rotatable bonds is 3. The van der Waals surface area contributed by atoms with Gasteiger partial charge in [-0.05, 0) is 72.6 Å². The number of imidazole rings is 1. The molecule has 0 saturated heterocycles. The SMILES string of the molecule is Cc1cc(C)c(N2[CH-]N(c3[c-]c4c(cc3)c3ccccc3n4-c3[c-]c4c(cc3)c3cnccc3n3ccnc43)c3ccccc32)c(C)c1.[Pt]. The molecule has 1 aliphatic rings. The number of benzene rings is 5. The van der Waals surface area contributed by atoms with Gasteiger partial charge in [0.2, 0.25) is 0 Å². The maximum Gasteiger partial charge on any atom is 0.0609 e. The van der Waals surface area contributed by atoms with Gasteiger partial charge >= 0.3 is 0 Å². The van der Waals surface area contributed by atoms with Gasteiger partial charge < -0.3 is 18.8 Å². The van der Waals surface area contributed by atoms with Crippen LogP contribution in [0, 0.1) is 39.6 Å². The Morgan fingerprint density at radius 2 is 1.39 bits per heavy atom. The molecule has 5 aromatic carbocycles. The molecule has 0 atom stereocenters. The molecule has 4 aromatic heterocycles. The molecule has 0 unspecified atom stereocenters. The van der Waals surface area contributed by atoms with Crippen molar-refractivity contribution in [2.45, 2.75) is 20.8 Å². The van der Waals surface area contributed by atoms with Crippen LogP contribution in [0.5, 0.6) is 0 Å². The number of pyridine rings is 2. The molecule has 0 amide bonds. The van der Waals surface area contributed by atoms with E-state index in [9.17, 15) is 0 Å². The van der Waals surface area contributed by atoms with Crippen LogP contribution in [0.4, 0.5) is 22.7 Å². The van der Waals surface area contributed by atoms with Crippen LogP contribution < -0.4 is 9.80 Å². The molecule has 0 aliphatic carbocycles. The number of para-hydroxylation sites is 3. The van der Waals surface area contributed by atoms with Gasteiger partial charge in [0.25, 0.3) is 0 Å². The van der Waals surface area contributed by atoms with Crippen LogP contribution in [0.15, 0.2) is 116 Å². The largest absolute Gasteiger partial charge is 0.493 e. The van der Waals surface area contributed by atoms with Crippen molar-refractivity contribution in [1.82, 2.24) is 18.9 Å². The van der Waals surface area contributed by atoms with Gasteiger partial charge in [0.05, 0.1) is 5.65 Å². The van der Waals surface area contributed by atoms with Gasteiger partial charge in [-0.2, -0.15) is 6.07 Å². The Balaban J connectivity index is 0.00000325. The summed E-state index contributed by atoms with van der Waals surface area (Å²) < 4.78 is 4.41. The summed E-state index contributed by atoms with van der Waals surface area (Å²) in [6.45, 7) is 8.75. The van der Waals surface area contributed by atoms with Crippen LogP contribution >= 0.6 is 0 Å². The third-order valence-corrected chi connectivity index (χ3v) is 9.72. The van der Waals surface area contributed by atoms with Crippen molar-refractivity contribution in [3.05, 3.63) is 151 Å². The van der Waals surface area contributed by atoms with Crippen LogP contribution in [0.2, 0.25) is 0 Å². The van der Waals surface area contributed by atoms with Gasteiger partial charge in [-0.3, -0.25) is 9.97 Å². The molecule has 0 N–H and O–H groups in total. The monoisotopic (exact) mass is 812 g/mol. The Bertz CT molecular complexity index is 2750. The van der Waals surface area contributed by atoms with E-state index in [1.165, 1.54) is 27.8 Å². The summed E-state index contributed by atoms with van der Waals surface area (Å²) in [7, 11) is 0. The minimum Gasteiger partial charge on any atom is -0.493 e. The zero-order chi connectivity index (χ0) is 32.1. The van der Waals surface area contributed by atoms with E-state index >= 15 is 0 Å². The van der Waals surface area contributed by atoms with Crippen molar-refractivity contribution in [3.8, 4) is 5.69 Å². The van der Waals surface area contributed by atoms with E-state index in [4.69, 9.17) is 4.98 Å². The van der Waals surface area contributed by atoms with E-state index in [1.807, 2.05) is 30.9 Å². The van der Waals surface area contributed by atoms with E-state index in [-0.39, 0.29) is 21.1 Å². The topological polar surface area (TPSA) is 41.6 Å². The first-order valence-electron chi connectivity index (χ1n) is 16.2. The van der Waals surface area contributed by atoms with Gasteiger partial charge in [0.15, 0.2) is 0 Å². The molecule has 9 aromatic rings. The van der Waals surface area contributed by atoms with E-state index < -0.39 is 0 Å². The predicted octanol–water partition coefficient (Wildman–Crippen LogP) is 10.1. The zero-order valence-corrected chi connectivity index (χ0v) is 29.3. The summed E-state index contributed by atoms with van der Waals surface area (Å²) in [4.78, 5) is 13.8. The molecule has 1 aliphatic heterocycles. The van der Waals surface area contributed by atoms with E-state index in [0.29, 0.717) is 0 Å². The molecule has 0 fully saturated rings. The summed E-state index contributed by atoms with van der Waals surface area (Å²) in [6, 6.07) is 40.1. The molecule has 10 rings (SSSR count). The van der Waals surface area contributed by atoms with Crippen molar-refractivity contribution >= 4 is 71.9 Å². The van der Waals surface area contributed by atoms with Crippen LogP contribution in [0.3, 0.4) is 0 Å². The third-order valence-electron chi connectivity index (χ3n) is 9.72. The average Bonchev–Trinajstić information content (AvgIpc) is 3.83. The van der Waals surface area contributed by atoms with E-state index in [1.54, 1.807) is 0 Å². The normalized spacial score (nSPS) is 12.9. The molecule has 0 spiro atoms. The molecule has 49 heavy (non-hydrogen) atoms. The second-order valence-corrected chi connectivity index (χ2v) is 12.7. The van der Waals surface area contributed by atoms with Crippen molar-refractivity contribution < 1.29 is 21.1 Å². The van der Waals surface area contributed by atoms with Gasteiger partial charge in [0.1, 0.15) is 0 Å². The summed E-state index contributed by atoms with van der Waals surface area (Å²) in [5, 5.41) is 5.43. The Kier molecular flexibility index (Phi) is 6.69. The predicted molar refractivity (Wildman–Crippen MR) is 196 cm³/mol. The smallest absolute Gasteiger partial charge is 0.0609 e. The van der Waals surface area contributed by atoms with Crippen molar-refractivity contribution in [2.75, 3.05) is 9.80 Å². The second kappa shape index (κ2) is 11.0. The molecule has 0 bridgehead atoms.